The third kappa shape index (κ3) is 1.91. The number of rotatable bonds is 2. The molecule has 0 aliphatic heterocycles. The number of nitrogens with one attached hydrogen (secondary N) is 1. The maximum absolute atomic E-state index is 3.98. The van der Waals surface area contributed by atoms with E-state index in [1.165, 1.54) is 11.1 Å². The van der Waals surface area contributed by atoms with Crippen molar-refractivity contribution in [3.63, 3.8) is 0 Å². The second-order valence-corrected chi connectivity index (χ2v) is 3.28. The molecule has 2 aromatic rings. The zero-order valence-corrected chi connectivity index (χ0v) is 8.54. The van der Waals surface area contributed by atoms with E-state index in [0.29, 0.717) is 0 Å². The molecule has 0 bridgehead atoms. The van der Waals surface area contributed by atoms with Gasteiger partial charge >= 0.3 is 0 Å². The van der Waals surface area contributed by atoms with Crippen molar-refractivity contribution in [2.24, 2.45) is 0 Å². The largest absolute Gasteiger partial charge is 0.332 e. The van der Waals surface area contributed by atoms with Crippen molar-refractivity contribution < 1.29 is 0 Å². The van der Waals surface area contributed by atoms with Crippen LogP contribution in [-0.2, 0) is 0 Å². The number of thiol groups is 1. The lowest BCUT2D eigenvalue weighted by molar-refractivity contribution is 1.61. The topological polar surface area (TPSA) is 12.0 Å². The summed E-state index contributed by atoms with van der Waals surface area (Å²) >= 11 is 3.98. The second kappa shape index (κ2) is 4.20. The smallest absolute Gasteiger partial charge is 0.0438 e. The molecule has 70 valence electrons. The van der Waals surface area contributed by atoms with Gasteiger partial charge in [-0.1, -0.05) is 55.3 Å². The van der Waals surface area contributed by atoms with E-state index >= 15 is 0 Å². The van der Waals surface area contributed by atoms with Gasteiger partial charge in [0, 0.05) is 5.69 Å². The zero-order valence-electron chi connectivity index (χ0n) is 7.64. The third-order valence-electron chi connectivity index (χ3n) is 2.12. The molecule has 2 heteroatoms. The fraction of sp³-hybridized carbons (Fsp3) is 0. The van der Waals surface area contributed by atoms with Crippen LogP contribution in [0, 0.1) is 0 Å². The Kier molecular flexibility index (Phi) is 2.75. The van der Waals surface area contributed by atoms with Gasteiger partial charge in [-0.25, -0.2) is 0 Å². The van der Waals surface area contributed by atoms with E-state index in [9.17, 15) is 0 Å². The summed E-state index contributed by atoms with van der Waals surface area (Å²) in [7, 11) is 0. The van der Waals surface area contributed by atoms with E-state index in [-0.39, 0.29) is 0 Å². The van der Waals surface area contributed by atoms with Gasteiger partial charge in [-0.2, -0.15) is 0 Å². The molecule has 14 heavy (non-hydrogen) atoms. The van der Waals surface area contributed by atoms with Gasteiger partial charge in [0.1, 0.15) is 0 Å². The molecule has 1 nitrogen and oxygen atoms in total. The molecule has 0 aliphatic carbocycles. The highest BCUT2D eigenvalue weighted by atomic mass is 32.1. The minimum absolute atomic E-state index is 1.01. The Morgan fingerprint density at radius 2 is 1.29 bits per heavy atom. The molecule has 0 amide bonds. The van der Waals surface area contributed by atoms with Crippen LogP contribution in [0.1, 0.15) is 0 Å². The first-order valence-corrected chi connectivity index (χ1v) is 4.90. The molecular weight excluding hydrogens is 190 g/mol. The summed E-state index contributed by atoms with van der Waals surface area (Å²) in [5.74, 6) is 0. The van der Waals surface area contributed by atoms with E-state index in [0.717, 1.165) is 5.69 Å². The minimum atomic E-state index is 1.01. The van der Waals surface area contributed by atoms with Crippen LogP contribution in [0.25, 0.3) is 11.1 Å². The van der Waals surface area contributed by atoms with Crippen molar-refractivity contribution in [1.29, 1.82) is 0 Å². The summed E-state index contributed by atoms with van der Waals surface area (Å²) < 4.78 is 2.80. The number of hydrogen-bond acceptors (Lipinski definition) is 2. The molecule has 2 aromatic carbocycles. The summed E-state index contributed by atoms with van der Waals surface area (Å²) in [5, 5.41) is 0. The lowest BCUT2D eigenvalue weighted by atomic mass is 10.1. The summed E-state index contributed by atoms with van der Waals surface area (Å²) in [5.41, 5.74) is 3.46. The molecule has 0 saturated heterocycles. The lowest BCUT2D eigenvalue weighted by Crippen LogP contribution is -1.80. The van der Waals surface area contributed by atoms with Crippen LogP contribution in [-0.4, -0.2) is 0 Å². The van der Waals surface area contributed by atoms with Crippen LogP contribution < -0.4 is 4.72 Å². The molecule has 0 fully saturated rings. The molecule has 0 saturated carbocycles. The second-order valence-electron chi connectivity index (χ2n) is 3.06. The molecule has 2 rings (SSSR count). The van der Waals surface area contributed by atoms with Crippen molar-refractivity contribution in [3.05, 3.63) is 54.6 Å². The molecule has 0 aromatic heterocycles. The van der Waals surface area contributed by atoms with Crippen LogP contribution >= 0.6 is 12.8 Å². The standard InChI is InChI=1S/C12H11NS/c14-13-12-8-6-11(7-9-12)10-4-2-1-3-5-10/h1-9,13-14H. The van der Waals surface area contributed by atoms with Crippen molar-refractivity contribution in [3.8, 4) is 11.1 Å². The Morgan fingerprint density at radius 3 is 1.86 bits per heavy atom. The molecular formula is C12H11NS. The molecule has 0 spiro atoms. The first-order valence-electron chi connectivity index (χ1n) is 4.46. The Bertz CT molecular complexity index is 394. The molecule has 0 aliphatic rings. The fourth-order valence-corrected chi connectivity index (χ4v) is 1.52. The van der Waals surface area contributed by atoms with Crippen molar-refractivity contribution in [2.45, 2.75) is 0 Å². The summed E-state index contributed by atoms with van der Waals surface area (Å²) in [4.78, 5) is 0. The zero-order chi connectivity index (χ0) is 9.80. The average Bonchev–Trinajstić information content (AvgIpc) is 2.30. The maximum atomic E-state index is 3.98. The van der Waals surface area contributed by atoms with Gasteiger partial charge in [0.05, 0.1) is 0 Å². The van der Waals surface area contributed by atoms with Crippen LogP contribution in [0.3, 0.4) is 0 Å². The van der Waals surface area contributed by atoms with Gasteiger partial charge in [0.25, 0.3) is 0 Å². The first kappa shape index (κ1) is 9.16. The van der Waals surface area contributed by atoms with Crippen molar-refractivity contribution >= 4 is 18.5 Å². The SMILES string of the molecule is SNc1ccc(-c2ccccc2)cc1. The Labute approximate surface area is 89.3 Å². The Hall–Kier alpha value is -1.41. The van der Waals surface area contributed by atoms with E-state index in [1.54, 1.807) is 0 Å². The van der Waals surface area contributed by atoms with Gasteiger partial charge in [-0.3, -0.25) is 0 Å². The number of hydrogen-bond donors (Lipinski definition) is 2. The minimum Gasteiger partial charge on any atom is -0.332 e. The number of anilines is 1. The van der Waals surface area contributed by atoms with Crippen LogP contribution in [0.5, 0.6) is 0 Å². The van der Waals surface area contributed by atoms with Crippen LogP contribution in [0.15, 0.2) is 54.6 Å². The van der Waals surface area contributed by atoms with Gasteiger partial charge in [0.15, 0.2) is 0 Å². The molecule has 1 N–H and O–H groups in total. The normalized spacial score (nSPS) is 9.79. The van der Waals surface area contributed by atoms with Gasteiger partial charge in [0.2, 0.25) is 0 Å². The molecule has 0 atom stereocenters. The Balaban J connectivity index is 2.34. The monoisotopic (exact) mass is 201 g/mol. The van der Waals surface area contributed by atoms with E-state index < -0.39 is 0 Å². The summed E-state index contributed by atoms with van der Waals surface area (Å²) in [6.07, 6.45) is 0. The summed E-state index contributed by atoms with van der Waals surface area (Å²) in [6.45, 7) is 0. The average molecular weight is 201 g/mol. The van der Waals surface area contributed by atoms with E-state index in [2.05, 4.69) is 41.8 Å². The quantitative estimate of drug-likeness (QED) is 0.707. The predicted octanol–water partition coefficient (Wildman–Crippen LogP) is 3.61. The van der Waals surface area contributed by atoms with Gasteiger partial charge in [-0.15, -0.1) is 0 Å². The van der Waals surface area contributed by atoms with Crippen molar-refractivity contribution in [2.75, 3.05) is 4.72 Å². The molecule has 0 heterocycles. The van der Waals surface area contributed by atoms with E-state index in [4.69, 9.17) is 0 Å². The maximum Gasteiger partial charge on any atom is 0.0438 e. The fourth-order valence-electron chi connectivity index (χ4n) is 1.37. The molecule has 0 radical (unpaired) electrons. The highest BCUT2D eigenvalue weighted by Gasteiger charge is 1.95. The van der Waals surface area contributed by atoms with Crippen LogP contribution in [0.4, 0.5) is 5.69 Å². The first-order chi connectivity index (χ1) is 6.90. The van der Waals surface area contributed by atoms with Crippen molar-refractivity contribution in [1.82, 2.24) is 0 Å². The number of benzene rings is 2. The Morgan fingerprint density at radius 1 is 0.714 bits per heavy atom. The highest BCUT2D eigenvalue weighted by Crippen LogP contribution is 2.20. The predicted molar refractivity (Wildman–Crippen MR) is 64.5 cm³/mol. The van der Waals surface area contributed by atoms with Crippen LogP contribution in [0.2, 0.25) is 0 Å². The lowest BCUT2D eigenvalue weighted by Gasteiger charge is -2.02. The third-order valence-corrected chi connectivity index (χ3v) is 2.38. The highest BCUT2D eigenvalue weighted by molar-refractivity contribution is 7.81. The van der Waals surface area contributed by atoms with Gasteiger partial charge in [-0.05, 0) is 23.3 Å². The van der Waals surface area contributed by atoms with E-state index in [1.807, 2.05) is 30.3 Å². The van der Waals surface area contributed by atoms with Gasteiger partial charge < -0.3 is 4.72 Å². The summed E-state index contributed by atoms with van der Waals surface area (Å²) in [6, 6.07) is 18.5. The molecule has 0 unspecified atom stereocenters.